The van der Waals surface area contributed by atoms with Gasteiger partial charge in [0.1, 0.15) is 0 Å². The minimum Gasteiger partial charge on any atom is -0.346 e. The van der Waals surface area contributed by atoms with Crippen LogP contribution in [0.1, 0.15) is 29.9 Å². The molecule has 0 aromatic carbocycles. The summed E-state index contributed by atoms with van der Waals surface area (Å²) in [7, 11) is 0. The second kappa shape index (κ2) is 3.79. The van der Waals surface area contributed by atoms with Gasteiger partial charge in [0.2, 0.25) is 0 Å². The highest BCUT2D eigenvalue weighted by Crippen LogP contribution is 2.06. The van der Waals surface area contributed by atoms with Gasteiger partial charge in [-0.1, -0.05) is 0 Å². The average Bonchev–Trinajstić information content (AvgIpc) is 2.51. The Labute approximate surface area is 83.1 Å². The van der Waals surface area contributed by atoms with Crippen LogP contribution < -0.4 is 11.1 Å². The van der Waals surface area contributed by atoms with Gasteiger partial charge in [-0.2, -0.15) is 5.10 Å². The number of nitrogens with two attached hydrogens (primary N) is 1. The van der Waals surface area contributed by atoms with Gasteiger partial charge < -0.3 is 11.1 Å². The minimum atomic E-state index is -0.388. The lowest BCUT2D eigenvalue weighted by Crippen LogP contribution is -2.48. The zero-order valence-corrected chi connectivity index (χ0v) is 8.72. The third-order valence-corrected chi connectivity index (χ3v) is 2.04. The summed E-state index contributed by atoms with van der Waals surface area (Å²) in [6, 6.07) is 0. The molecule has 0 bridgehead atoms. The van der Waals surface area contributed by atoms with Crippen molar-refractivity contribution in [3.63, 3.8) is 0 Å². The Morgan fingerprint density at radius 1 is 1.71 bits per heavy atom. The lowest BCUT2D eigenvalue weighted by Gasteiger charge is -2.23. The molecule has 0 aliphatic heterocycles. The third-order valence-electron chi connectivity index (χ3n) is 2.04. The van der Waals surface area contributed by atoms with Crippen molar-refractivity contribution in [2.75, 3.05) is 6.54 Å². The van der Waals surface area contributed by atoms with E-state index < -0.39 is 0 Å². The van der Waals surface area contributed by atoms with Crippen LogP contribution in [0.4, 0.5) is 0 Å². The Kier molecular flexibility index (Phi) is 2.90. The van der Waals surface area contributed by atoms with E-state index in [1.165, 1.54) is 6.20 Å². The van der Waals surface area contributed by atoms with Crippen molar-refractivity contribution in [1.82, 2.24) is 15.5 Å². The van der Waals surface area contributed by atoms with Crippen LogP contribution in [-0.2, 0) is 0 Å². The fourth-order valence-electron chi connectivity index (χ4n) is 1.01. The number of aromatic amines is 1. The van der Waals surface area contributed by atoms with E-state index in [-0.39, 0.29) is 11.4 Å². The zero-order valence-electron chi connectivity index (χ0n) is 8.72. The lowest BCUT2D eigenvalue weighted by molar-refractivity contribution is 0.0915. The molecule has 0 spiro atoms. The van der Waals surface area contributed by atoms with Crippen LogP contribution in [0.15, 0.2) is 6.20 Å². The first-order valence-electron chi connectivity index (χ1n) is 4.49. The number of rotatable bonds is 3. The van der Waals surface area contributed by atoms with Gasteiger partial charge in [-0.15, -0.1) is 0 Å². The highest BCUT2D eigenvalue weighted by Gasteiger charge is 2.20. The maximum absolute atomic E-state index is 11.7. The molecule has 0 aliphatic carbocycles. The Morgan fingerprint density at radius 3 is 2.79 bits per heavy atom. The molecule has 4 N–H and O–H groups in total. The summed E-state index contributed by atoms with van der Waals surface area (Å²) in [6.45, 7) is 5.95. The molecule has 1 aromatic heterocycles. The summed E-state index contributed by atoms with van der Waals surface area (Å²) < 4.78 is 0. The normalized spacial score (nSPS) is 11.4. The summed E-state index contributed by atoms with van der Waals surface area (Å²) in [5.41, 5.74) is 6.44. The highest BCUT2D eigenvalue weighted by molar-refractivity contribution is 5.95. The van der Waals surface area contributed by atoms with Crippen molar-refractivity contribution in [3.8, 4) is 0 Å². The molecule has 0 radical (unpaired) electrons. The Bertz CT molecular complexity index is 329. The Hall–Kier alpha value is -1.36. The molecule has 0 saturated carbocycles. The predicted molar refractivity (Wildman–Crippen MR) is 53.9 cm³/mol. The number of aryl methyl sites for hydroxylation is 1. The van der Waals surface area contributed by atoms with E-state index in [0.29, 0.717) is 12.1 Å². The number of nitrogens with zero attached hydrogens (tertiary/aromatic N) is 1. The van der Waals surface area contributed by atoms with E-state index in [0.717, 1.165) is 5.69 Å². The quantitative estimate of drug-likeness (QED) is 0.645. The van der Waals surface area contributed by atoms with Crippen molar-refractivity contribution >= 4 is 5.91 Å². The molecule has 14 heavy (non-hydrogen) atoms. The van der Waals surface area contributed by atoms with Crippen molar-refractivity contribution < 1.29 is 4.79 Å². The number of aromatic nitrogens is 2. The van der Waals surface area contributed by atoms with E-state index in [1.807, 2.05) is 13.8 Å². The molecule has 1 rings (SSSR count). The van der Waals surface area contributed by atoms with Gasteiger partial charge >= 0.3 is 0 Å². The predicted octanol–water partition coefficient (Wildman–Crippen LogP) is 0.185. The highest BCUT2D eigenvalue weighted by atomic mass is 16.1. The van der Waals surface area contributed by atoms with E-state index in [9.17, 15) is 4.79 Å². The number of nitrogens with one attached hydrogen (secondary N) is 2. The minimum absolute atomic E-state index is 0.147. The van der Waals surface area contributed by atoms with E-state index in [2.05, 4.69) is 15.5 Å². The number of hydrogen-bond donors (Lipinski definition) is 3. The van der Waals surface area contributed by atoms with Gasteiger partial charge in [-0.25, -0.2) is 0 Å². The number of carbonyl (C=O) groups excluding carboxylic acids is 1. The first kappa shape index (κ1) is 10.7. The molecule has 0 atom stereocenters. The molecule has 1 amide bonds. The number of hydrogen-bond acceptors (Lipinski definition) is 3. The molecule has 1 aromatic rings. The van der Waals surface area contributed by atoms with Crippen molar-refractivity contribution in [2.45, 2.75) is 26.3 Å². The van der Waals surface area contributed by atoms with E-state index >= 15 is 0 Å². The first-order chi connectivity index (χ1) is 6.46. The lowest BCUT2D eigenvalue weighted by atomic mass is 10.1. The number of amides is 1. The fraction of sp³-hybridized carbons (Fsp3) is 0.556. The topological polar surface area (TPSA) is 83.8 Å². The Morgan fingerprint density at radius 2 is 2.36 bits per heavy atom. The molecular weight excluding hydrogens is 180 g/mol. The molecule has 0 saturated heterocycles. The van der Waals surface area contributed by atoms with Gasteiger partial charge in [0.25, 0.3) is 5.91 Å². The smallest absolute Gasteiger partial charge is 0.255 e. The van der Waals surface area contributed by atoms with Gasteiger partial charge in [0.15, 0.2) is 0 Å². The molecule has 0 fully saturated rings. The molecule has 0 unspecified atom stereocenters. The van der Waals surface area contributed by atoms with Crippen molar-refractivity contribution in [2.24, 2.45) is 5.73 Å². The van der Waals surface area contributed by atoms with Crippen molar-refractivity contribution in [1.29, 1.82) is 0 Å². The maximum atomic E-state index is 11.7. The number of H-pyrrole nitrogens is 1. The summed E-state index contributed by atoms with van der Waals surface area (Å²) in [5, 5.41) is 9.32. The Balaban J connectivity index is 2.73. The zero-order chi connectivity index (χ0) is 10.8. The van der Waals surface area contributed by atoms with Crippen LogP contribution in [0.25, 0.3) is 0 Å². The van der Waals surface area contributed by atoms with Crippen LogP contribution in [0.2, 0.25) is 0 Å². The molecule has 78 valence electrons. The molecular formula is C9H16N4O. The fourth-order valence-corrected chi connectivity index (χ4v) is 1.01. The summed E-state index contributed by atoms with van der Waals surface area (Å²) in [5.74, 6) is -0.147. The summed E-state index contributed by atoms with van der Waals surface area (Å²) in [6.07, 6.45) is 1.51. The summed E-state index contributed by atoms with van der Waals surface area (Å²) in [4.78, 5) is 11.7. The third kappa shape index (κ3) is 2.32. The molecule has 1 heterocycles. The van der Waals surface area contributed by atoms with E-state index in [1.54, 1.807) is 6.92 Å². The molecule has 5 heteroatoms. The second-order valence-corrected chi connectivity index (χ2v) is 3.95. The second-order valence-electron chi connectivity index (χ2n) is 3.95. The molecule has 0 aliphatic rings. The van der Waals surface area contributed by atoms with E-state index in [4.69, 9.17) is 5.73 Å². The standard InChI is InChI=1S/C9H16N4O/c1-6-7(4-11-13-6)8(14)12-9(2,3)5-10/h4H,5,10H2,1-3H3,(H,11,13)(H,12,14). The summed E-state index contributed by atoms with van der Waals surface area (Å²) >= 11 is 0. The van der Waals surface area contributed by atoms with Crippen LogP contribution in [0.5, 0.6) is 0 Å². The van der Waals surface area contributed by atoms with Crippen molar-refractivity contribution in [3.05, 3.63) is 17.5 Å². The van der Waals surface area contributed by atoms with Gasteiger partial charge in [0.05, 0.1) is 11.8 Å². The van der Waals surface area contributed by atoms with Crippen LogP contribution >= 0.6 is 0 Å². The number of carbonyl (C=O) groups is 1. The monoisotopic (exact) mass is 196 g/mol. The maximum Gasteiger partial charge on any atom is 0.255 e. The van der Waals surface area contributed by atoms with Gasteiger partial charge in [0, 0.05) is 17.8 Å². The van der Waals surface area contributed by atoms with Gasteiger partial charge in [-0.05, 0) is 20.8 Å². The SMILES string of the molecule is Cc1[nH]ncc1C(=O)NC(C)(C)CN. The average molecular weight is 196 g/mol. The largest absolute Gasteiger partial charge is 0.346 e. The van der Waals surface area contributed by atoms with Crippen LogP contribution in [0.3, 0.4) is 0 Å². The van der Waals surface area contributed by atoms with Gasteiger partial charge in [-0.3, -0.25) is 9.89 Å². The van der Waals surface area contributed by atoms with Crippen LogP contribution in [0, 0.1) is 6.92 Å². The molecule has 5 nitrogen and oxygen atoms in total. The first-order valence-corrected chi connectivity index (χ1v) is 4.49. The van der Waals surface area contributed by atoms with Crippen LogP contribution in [-0.4, -0.2) is 28.2 Å².